The van der Waals surface area contributed by atoms with Crippen LogP contribution in [0.4, 0.5) is 0 Å². The van der Waals surface area contributed by atoms with Crippen LogP contribution in [-0.4, -0.2) is 64.0 Å². The van der Waals surface area contributed by atoms with Crippen LogP contribution in [0.1, 0.15) is 25.7 Å². The van der Waals surface area contributed by atoms with Gasteiger partial charge in [0.2, 0.25) is 0 Å². The summed E-state index contributed by atoms with van der Waals surface area (Å²) in [5, 5.41) is 13.3. The zero-order valence-electron chi connectivity index (χ0n) is 10.4. The fourth-order valence-corrected chi connectivity index (χ4v) is 3.93. The predicted molar refractivity (Wildman–Crippen MR) is 70.6 cm³/mol. The Hall–Kier alpha value is 0.0300. The Balaban J connectivity index is 1.58. The molecule has 17 heavy (non-hydrogen) atoms. The second kappa shape index (κ2) is 6.83. The molecule has 0 aromatic heterocycles. The Morgan fingerprint density at radius 2 is 1.94 bits per heavy atom. The van der Waals surface area contributed by atoms with Gasteiger partial charge in [-0.25, -0.2) is 0 Å². The molecular formula is C12H24N2O2S. The highest BCUT2D eigenvalue weighted by molar-refractivity contribution is 7.85. The molecule has 2 N–H and O–H groups in total. The van der Waals surface area contributed by atoms with E-state index < -0.39 is 10.8 Å². The molecule has 0 spiro atoms. The quantitative estimate of drug-likeness (QED) is 0.727. The third-order valence-electron chi connectivity index (χ3n) is 3.70. The topological polar surface area (TPSA) is 52.6 Å². The molecule has 0 aromatic carbocycles. The van der Waals surface area contributed by atoms with E-state index >= 15 is 0 Å². The molecule has 1 atom stereocenters. The van der Waals surface area contributed by atoms with Crippen molar-refractivity contribution in [3.63, 3.8) is 0 Å². The first kappa shape index (κ1) is 13.5. The van der Waals surface area contributed by atoms with Crippen LogP contribution in [-0.2, 0) is 10.8 Å². The summed E-state index contributed by atoms with van der Waals surface area (Å²) in [4.78, 5) is 2.34. The zero-order valence-corrected chi connectivity index (χ0v) is 11.3. The van der Waals surface area contributed by atoms with Gasteiger partial charge < -0.3 is 15.3 Å². The Labute approximate surface area is 106 Å². The van der Waals surface area contributed by atoms with Crippen molar-refractivity contribution >= 4 is 10.8 Å². The van der Waals surface area contributed by atoms with Gasteiger partial charge in [-0.1, -0.05) is 0 Å². The normalized spacial score (nSPS) is 32.8. The molecule has 0 amide bonds. The fraction of sp³-hybridized carbons (Fsp3) is 1.00. The number of hydrogen-bond acceptors (Lipinski definition) is 4. The van der Waals surface area contributed by atoms with Crippen molar-refractivity contribution in [1.29, 1.82) is 0 Å². The number of aliphatic hydroxyl groups is 1. The van der Waals surface area contributed by atoms with Gasteiger partial charge in [-0.2, -0.15) is 0 Å². The number of likely N-dealkylation sites (tertiary alicyclic amines) is 1. The minimum Gasteiger partial charge on any atom is -0.390 e. The summed E-state index contributed by atoms with van der Waals surface area (Å²) in [5.74, 6) is 1.64. The van der Waals surface area contributed by atoms with E-state index in [9.17, 15) is 9.32 Å². The second-order valence-electron chi connectivity index (χ2n) is 5.19. The maximum Gasteiger partial charge on any atom is 0.0791 e. The van der Waals surface area contributed by atoms with Gasteiger partial charge in [0, 0.05) is 41.4 Å². The summed E-state index contributed by atoms with van der Waals surface area (Å²) in [6.45, 7) is 3.75. The van der Waals surface area contributed by atoms with E-state index in [1.54, 1.807) is 0 Å². The highest BCUT2D eigenvalue weighted by Gasteiger charge is 2.19. The second-order valence-corrected chi connectivity index (χ2v) is 6.89. The van der Waals surface area contributed by atoms with Gasteiger partial charge >= 0.3 is 0 Å². The number of β-amino-alcohol motifs (C(OH)–C–C–N with tert-alkyl or cyclic N) is 1. The predicted octanol–water partition coefficient (Wildman–Crippen LogP) is -0.0562. The number of nitrogens with one attached hydrogen (secondary N) is 1. The standard InChI is InChI=1S/C12H24N2O2S/c15-12(10-14-5-1-2-6-14)9-13-11-3-7-17(16)8-4-11/h11-13,15H,1-10H2. The molecule has 1 unspecified atom stereocenters. The summed E-state index contributed by atoms with van der Waals surface area (Å²) in [5.41, 5.74) is 0. The molecule has 0 radical (unpaired) electrons. The van der Waals surface area contributed by atoms with Crippen molar-refractivity contribution in [2.75, 3.05) is 37.7 Å². The summed E-state index contributed by atoms with van der Waals surface area (Å²) in [7, 11) is -0.590. The molecule has 100 valence electrons. The Kier molecular flexibility index (Phi) is 5.41. The number of nitrogens with zero attached hydrogens (tertiary/aromatic N) is 1. The minimum absolute atomic E-state index is 0.263. The van der Waals surface area contributed by atoms with Crippen molar-refractivity contribution in [3.05, 3.63) is 0 Å². The van der Waals surface area contributed by atoms with Crippen LogP contribution in [0.5, 0.6) is 0 Å². The molecule has 2 saturated heterocycles. The van der Waals surface area contributed by atoms with E-state index in [1.165, 1.54) is 12.8 Å². The van der Waals surface area contributed by atoms with Crippen molar-refractivity contribution < 1.29 is 9.32 Å². The van der Waals surface area contributed by atoms with Gasteiger partial charge in [-0.05, 0) is 38.8 Å². The molecule has 0 aliphatic carbocycles. The Morgan fingerprint density at radius 1 is 1.29 bits per heavy atom. The van der Waals surface area contributed by atoms with Crippen molar-refractivity contribution in [2.24, 2.45) is 0 Å². The van der Waals surface area contributed by atoms with E-state index in [4.69, 9.17) is 0 Å². The molecule has 0 bridgehead atoms. The molecule has 2 heterocycles. The summed E-state index contributed by atoms with van der Waals surface area (Å²) in [6.07, 6.45) is 4.26. The maximum absolute atomic E-state index is 11.2. The van der Waals surface area contributed by atoms with Crippen molar-refractivity contribution in [1.82, 2.24) is 10.2 Å². The fourth-order valence-electron chi connectivity index (χ4n) is 2.63. The van der Waals surface area contributed by atoms with Gasteiger partial charge in [0.15, 0.2) is 0 Å². The van der Waals surface area contributed by atoms with E-state index in [0.29, 0.717) is 12.6 Å². The number of aliphatic hydroxyl groups excluding tert-OH is 1. The highest BCUT2D eigenvalue weighted by Crippen LogP contribution is 2.10. The van der Waals surface area contributed by atoms with Crippen LogP contribution >= 0.6 is 0 Å². The molecule has 0 saturated carbocycles. The monoisotopic (exact) mass is 260 g/mol. The molecule has 2 rings (SSSR count). The minimum atomic E-state index is -0.590. The molecule has 2 fully saturated rings. The molecule has 4 nitrogen and oxygen atoms in total. The first-order valence-electron chi connectivity index (χ1n) is 6.73. The lowest BCUT2D eigenvalue weighted by Gasteiger charge is -2.25. The summed E-state index contributed by atoms with van der Waals surface area (Å²) in [6, 6.07) is 0.459. The lowest BCUT2D eigenvalue weighted by Crippen LogP contribution is -2.43. The first-order chi connectivity index (χ1) is 8.24. The van der Waals surface area contributed by atoms with Crippen molar-refractivity contribution in [3.8, 4) is 0 Å². The molecule has 2 aliphatic heterocycles. The molecule has 5 heteroatoms. The van der Waals surface area contributed by atoms with Crippen LogP contribution in [0.3, 0.4) is 0 Å². The molecule has 0 aromatic rings. The SMILES string of the molecule is O=S1CCC(NCC(O)CN2CCCC2)CC1. The van der Waals surface area contributed by atoms with E-state index in [1.807, 2.05) is 0 Å². The van der Waals surface area contributed by atoms with Crippen LogP contribution in [0.2, 0.25) is 0 Å². The first-order valence-corrected chi connectivity index (χ1v) is 8.21. The molecule has 2 aliphatic rings. The van der Waals surface area contributed by atoms with Crippen LogP contribution in [0.25, 0.3) is 0 Å². The number of hydrogen-bond donors (Lipinski definition) is 2. The Bertz CT molecular complexity index is 247. The van der Waals surface area contributed by atoms with Crippen LogP contribution < -0.4 is 5.32 Å². The van der Waals surface area contributed by atoms with Gasteiger partial charge in [0.05, 0.1) is 6.10 Å². The molecular weight excluding hydrogens is 236 g/mol. The van der Waals surface area contributed by atoms with E-state index in [2.05, 4.69) is 10.2 Å². The highest BCUT2D eigenvalue weighted by atomic mass is 32.2. The third-order valence-corrected chi connectivity index (χ3v) is 5.08. The van der Waals surface area contributed by atoms with Gasteiger partial charge in [0.25, 0.3) is 0 Å². The maximum atomic E-state index is 11.2. The zero-order chi connectivity index (χ0) is 12.1. The largest absolute Gasteiger partial charge is 0.390 e. The summed E-state index contributed by atoms with van der Waals surface area (Å²) < 4.78 is 11.2. The average molecular weight is 260 g/mol. The average Bonchev–Trinajstić information content (AvgIpc) is 2.81. The lowest BCUT2D eigenvalue weighted by atomic mass is 10.1. The summed E-state index contributed by atoms with van der Waals surface area (Å²) >= 11 is 0. The third kappa shape index (κ3) is 4.66. The van der Waals surface area contributed by atoms with E-state index in [0.717, 1.165) is 44.0 Å². The van der Waals surface area contributed by atoms with E-state index in [-0.39, 0.29) is 6.10 Å². The van der Waals surface area contributed by atoms with Gasteiger partial charge in [-0.15, -0.1) is 0 Å². The lowest BCUT2D eigenvalue weighted by molar-refractivity contribution is 0.120. The Morgan fingerprint density at radius 3 is 2.59 bits per heavy atom. The van der Waals surface area contributed by atoms with Crippen LogP contribution in [0, 0.1) is 0 Å². The smallest absolute Gasteiger partial charge is 0.0791 e. The van der Waals surface area contributed by atoms with Crippen molar-refractivity contribution in [2.45, 2.75) is 37.8 Å². The number of rotatable bonds is 5. The van der Waals surface area contributed by atoms with Gasteiger partial charge in [0.1, 0.15) is 0 Å². The van der Waals surface area contributed by atoms with Crippen LogP contribution in [0.15, 0.2) is 0 Å². The van der Waals surface area contributed by atoms with Gasteiger partial charge in [-0.3, -0.25) is 4.21 Å².